The van der Waals surface area contributed by atoms with Gasteiger partial charge in [0.2, 0.25) is 5.91 Å². The number of carbonyl (C=O) groups excluding carboxylic acids is 1. The Morgan fingerprint density at radius 2 is 1.86 bits per heavy atom. The van der Waals surface area contributed by atoms with Crippen molar-refractivity contribution in [3.63, 3.8) is 0 Å². The number of aryl methyl sites for hydroxylation is 1. The molecule has 0 unspecified atom stereocenters. The van der Waals surface area contributed by atoms with Gasteiger partial charge in [0.1, 0.15) is 0 Å². The van der Waals surface area contributed by atoms with Crippen molar-refractivity contribution < 1.29 is 4.79 Å². The van der Waals surface area contributed by atoms with Crippen LogP contribution in [0.4, 0.5) is 0 Å². The molecule has 22 heavy (non-hydrogen) atoms. The molecule has 0 aliphatic heterocycles. The molecule has 4 nitrogen and oxygen atoms in total. The Morgan fingerprint density at radius 1 is 1.18 bits per heavy atom. The Hall–Kier alpha value is -2.62. The van der Waals surface area contributed by atoms with Gasteiger partial charge in [0.05, 0.1) is 11.9 Å². The topological polar surface area (TPSA) is 38.1 Å². The quantitative estimate of drug-likeness (QED) is 0.702. The molecule has 0 bridgehead atoms. The summed E-state index contributed by atoms with van der Waals surface area (Å²) in [6.45, 7) is 8.46. The Morgan fingerprint density at radius 3 is 2.50 bits per heavy atom. The zero-order chi connectivity index (χ0) is 15.8. The zero-order valence-corrected chi connectivity index (χ0v) is 12.7. The molecular formula is C18H21N3O. The van der Waals surface area contributed by atoms with Gasteiger partial charge >= 0.3 is 0 Å². The van der Waals surface area contributed by atoms with Crippen LogP contribution >= 0.6 is 0 Å². The Labute approximate surface area is 131 Å². The largest absolute Gasteiger partial charge is 0.335 e. The molecule has 2 rings (SSSR count). The van der Waals surface area contributed by atoms with E-state index in [2.05, 4.69) is 18.3 Å². The summed E-state index contributed by atoms with van der Waals surface area (Å²) >= 11 is 0. The molecule has 1 heterocycles. The summed E-state index contributed by atoms with van der Waals surface area (Å²) in [6.07, 6.45) is 8.38. The molecule has 114 valence electrons. The van der Waals surface area contributed by atoms with Gasteiger partial charge in [-0.15, -0.1) is 13.2 Å². The summed E-state index contributed by atoms with van der Waals surface area (Å²) in [5.41, 5.74) is 2.06. The molecule has 0 fully saturated rings. The molecule has 0 atom stereocenters. The lowest BCUT2D eigenvalue weighted by Gasteiger charge is -2.18. The maximum Gasteiger partial charge on any atom is 0.223 e. The smallest absolute Gasteiger partial charge is 0.223 e. The van der Waals surface area contributed by atoms with Crippen molar-refractivity contribution >= 4 is 5.91 Å². The standard InChI is InChI=1S/C18H21N3O/c1-3-12-20(13-4-2)18(22)11-10-16-14-19-21(15-16)17-8-6-5-7-9-17/h3-9,14-15H,1-2,10-13H2. The predicted molar refractivity (Wildman–Crippen MR) is 88.9 cm³/mol. The first-order chi connectivity index (χ1) is 10.7. The minimum atomic E-state index is 0.104. The van der Waals surface area contributed by atoms with Gasteiger partial charge in [-0.05, 0) is 24.1 Å². The van der Waals surface area contributed by atoms with Crippen molar-refractivity contribution in [2.75, 3.05) is 13.1 Å². The van der Waals surface area contributed by atoms with E-state index in [1.165, 1.54) is 0 Å². The van der Waals surface area contributed by atoms with Gasteiger partial charge in [-0.3, -0.25) is 4.79 Å². The van der Waals surface area contributed by atoms with E-state index in [-0.39, 0.29) is 5.91 Å². The molecular weight excluding hydrogens is 274 g/mol. The van der Waals surface area contributed by atoms with Crippen LogP contribution in [0.15, 0.2) is 68.0 Å². The van der Waals surface area contributed by atoms with E-state index < -0.39 is 0 Å². The second-order valence-corrected chi connectivity index (χ2v) is 5.00. The first-order valence-corrected chi connectivity index (χ1v) is 7.33. The Kier molecular flexibility index (Phi) is 5.72. The first-order valence-electron chi connectivity index (χ1n) is 7.33. The maximum atomic E-state index is 12.2. The number of hydrogen-bond donors (Lipinski definition) is 0. The van der Waals surface area contributed by atoms with Crippen LogP contribution in [0.5, 0.6) is 0 Å². The predicted octanol–water partition coefficient (Wildman–Crippen LogP) is 3.01. The summed E-state index contributed by atoms with van der Waals surface area (Å²) in [5.74, 6) is 0.104. The zero-order valence-electron chi connectivity index (χ0n) is 12.7. The highest BCUT2D eigenvalue weighted by Gasteiger charge is 2.11. The van der Waals surface area contributed by atoms with Crippen LogP contribution in [0.1, 0.15) is 12.0 Å². The number of amides is 1. The lowest BCUT2D eigenvalue weighted by Crippen LogP contribution is -2.31. The third kappa shape index (κ3) is 4.19. The Balaban J connectivity index is 1.94. The van der Waals surface area contributed by atoms with E-state index in [0.29, 0.717) is 25.9 Å². The van der Waals surface area contributed by atoms with E-state index >= 15 is 0 Å². The highest BCUT2D eigenvalue weighted by Crippen LogP contribution is 2.10. The SMILES string of the molecule is C=CCN(CC=C)C(=O)CCc1cnn(-c2ccccc2)c1. The number of benzene rings is 1. The summed E-state index contributed by atoms with van der Waals surface area (Å²) in [4.78, 5) is 13.9. The lowest BCUT2D eigenvalue weighted by molar-refractivity contribution is -0.130. The van der Waals surface area contributed by atoms with E-state index in [0.717, 1.165) is 11.3 Å². The maximum absolute atomic E-state index is 12.2. The van der Waals surface area contributed by atoms with Crippen LogP contribution in [-0.4, -0.2) is 33.7 Å². The fraction of sp³-hybridized carbons (Fsp3) is 0.222. The van der Waals surface area contributed by atoms with Crippen molar-refractivity contribution in [1.29, 1.82) is 0 Å². The fourth-order valence-electron chi connectivity index (χ4n) is 2.21. The van der Waals surface area contributed by atoms with E-state index in [1.807, 2.05) is 47.4 Å². The van der Waals surface area contributed by atoms with Crippen molar-refractivity contribution in [2.45, 2.75) is 12.8 Å². The molecule has 1 amide bonds. The van der Waals surface area contributed by atoms with Crippen molar-refractivity contribution in [2.24, 2.45) is 0 Å². The number of aromatic nitrogens is 2. The molecule has 0 saturated heterocycles. The number of carbonyl (C=O) groups is 1. The van der Waals surface area contributed by atoms with Crippen LogP contribution in [0.2, 0.25) is 0 Å². The molecule has 1 aromatic carbocycles. The monoisotopic (exact) mass is 295 g/mol. The number of nitrogens with zero attached hydrogens (tertiary/aromatic N) is 3. The fourth-order valence-corrected chi connectivity index (χ4v) is 2.21. The van der Waals surface area contributed by atoms with Crippen LogP contribution in [-0.2, 0) is 11.2 Å². The molecule has 2 aromatic rings. The minimum Gasteiger partial charge on any atom is -0.335 e. The van der Waals surface area contributed by atoms with Gasteiger partial charge in [-0.2, -0.15) is 5.10 Å². The molecule has 0 N–H and O–H groups in total. The molecule has 1 aromatic heterocycles. The first kappa shape index (κ1) is 15.8. The summed E-state index contributed by atoms with van der Waals surface area (Å²) in [6, 6.07) is 9.92. The van der Waals surface area contributed by atoms with Crippen molar-refractivity contribution in [3.05, 3.63) is 73.6 Å². The van der Waals surface area contributed by atoms with Gasteiger partial charge < -0.3 is 4.90 Å². The van der Waals surface area contributed by atoms with Crippen LogP contribution in [0, 0.1) is 0 Å². The average Bonchev–Trinajstić information content (AvgIpc) is 3.02. The molecule has 0 saturated carbocycles. The average molecular weight is 295 g/mol. The molecule has 0 radical (unpaired) electrons. The normalized spacial score (nSPS) is 10.2. The molecule has 0 aliphatic carbocycles. The highest BCUT2D eigenvalue weighted by atomic mass is 16.2. The lowest BCUT2D eigenvalue weighted by atomic mass is 10.2. The van der Waals surface area contributed by atoms with Gasteiger partial charge in [0.25, 0.3) is 0 Å². The van der Waals surface area contributed by atoms with Gasteiger partial charge in [-0.1, -0.05) is 30.4 Å². The second kappa shape index (κ2) is 7.98. The molecule has 0 aliphatic rings. The summed E-state index contributed by atoms with van der Waals surface area (Å²) in [7, 11) is 0. The van der Waals surface area contributed by atoms with E-state index in [1.54, 1.807) is 17.1 Å². The molecule has 4 heteroatoms. The van der Waals surface area contributed by atoms with E-state index in [9.17, 15) is 4.79 Å². The van der Waals surface area contributed by atoms with Crippen LogP contribution in [0.25, 0.3) is 5.69 Å². The van der Waals surface area contributed by atoms with Crippen molar-refractivity contribution in [1.82, 2.24) is 14.7 Å². The number of rotatable bonds is 8. The van der Waals surface area contributed by atoms with Crippen LogP contribution in [0.3, 0.4) is 0 Å². The van der Waals surface area contributed by atoms with Crippen molar-refractivity contribution in [3.8, 4) is 5.69 Å². The van der Waals surface area contributed by atoms with Gasteiger partial charge in [-0.25, -0.2) is 4.68 Å². The van der Waals surface area contributed by atoms with E-state index in [4.69, 9.17) is 0 Å². The summed E-state index contributed by atoms with van der Waals surface area (Å²) < 4.78 is 1.82. The third-order valence-electron chi connectivity index (χ3n) is 3.34. The van der Waals surface area contributed by atoms with Gasteiger partial charge in [0.15, 0.2) is 0 Å². The number of para-hydroxylation sites is 1. The van der Waals surface area contributed by atoms with Crippen LogP contribution < -0.4 is 0 Å². The Bertz CT molecular complexity index is 621. The number of hydrogen-bond acceptors (Lipinski definition) is 2. The summed E-state index contributed by atoms with van der Waals surface area (Å²) in [5, 5.41) is 4.34. The van der Waals surface area contributed by atoms with Gasteiger partial charge in [0, 0.05) is 25.7 Å². The molecule has 0 spiro atoms. The second-order valence-electron chi connectivity index (χ2n) is 5.00. The highest BCUT2D eigenvalue weighted by molar-refractivity contribution is 5.76. The minimum absolute atomic E-state index is 0.104. The third-order valence-corrected chi connectivity index (χ3v) is 3.34.